The van der Waals surface area contributed by atoms with E-state index in [9.17, 15) is 0 Å². The van der Waals surface area contributed by atoms with Gasteiger partial charge >= 0.3 is 5.66 Å². The van der Waals surface area contributed by atoms with E-state index in [2.05, 4.69) is 27.9 Å². The largest absolute Gasteiger partial charge is 0.513 e. The standard InChI is InChI=1S/C17H14N2/c1-18-17(19-2)12-6-5-8-14-11-10-13-7-3-4-9-15(13)16(14)17/h3-7,9H,8,10-12H2. The molecule has 19 heavy (non-hydrogen) atoms. The monoisotopic (exact) mass is 246 g/mol. The maximum Gasteiger partial charge on any atom is 0.513 e. The van der Waals surface area contributed by atoms with Gasteiger partial charge in [-0.1, -0.05) is 36.4 Å². The first kappa shape index (κ1) is 11.8. The molecule has 2 aliphatic rings. The average Bonchev–Trinajstić information content (AvgIpc) is 2.67. The molecule has 2 heteroatoms. The first-order valence-electron chi connectivity index (χ1n) is 6.54. The van der Waals surface area contributed by atoms with Gasteiger partial charge in [-0.05, 0) is 36.0 Å². The number of nitrogens with zero attached hydrogens (tertiary/aromatic N) is 2. The number of allylic oxidation sites excluding steroid dienone is 2. The van der Waals surface area contributed by atoms with Crippen LogP contribution in [-0.2, 0) is 6.42 Å². The zero-order valence-corrected chi connectivity index (χ0v) is 10.7. The predicted octanol–water partition coefficient (Wildman–Crippen LogP) is 4.27. The SMILES string of the molecule is [C-]#[N+]C1([N+]#[C-])CC=CCC2=C1c1ccccc1CC2. The van der Waals surface area contributed by atoms with Gasteiger partial charge in [0.15, 0.2) is 0 Å². The molecule has 92 valence electrons. The number of hydrogen-bond acceptors (Lipinski definition) is 0. The van der Waals surface area contributed by atoms with Gasteiger partial charge in [0.25, 0.3) is 0 Å². The summed E-state index contributed by atoms with van der Waals surface area (Å²) < 4.78 is 0. The van der Waals surface area contributed by atoms with Gasteiger partial charge in [-0.15, -0.1) is 0 Å². The van der Waals surface area contributed by atoms with Crippen molar-refractivity contribution in [3.63, 3.8) is 0 Å². The zero-order valence-electron chi connectivity index (χ0n) is 10.7. The average molecular weight is 246 g/mol. The summed E-state index contributed by atoms with van der Waals surface area (Å²) in [7, 11) is 0. The first-order valence-corrected chi connectivity index (χ1v) is 6.54. The number of rotatable bonds is 0. The molecule has 0 N–H and O–H groups in total. The van der Waals surface area contributed by atoms with Crippen LogP contribution < -0.4 is 0 Å². The Morgan fingerprint density at radius 1 is 1.00 bits per heavy atom. The van der Waals surface area contributed by atoms with Crippen LogP contribution >= 0.6 is 0 Å². The second-order valence-corrected chi connectivity index (χ2v) is 5.06. The van der Waals surface area contributed by atoms with Crippen LogP contribution in [-0.4, -0.2) is 5.66 Å². The highest BCUT2D eigenvalue weighted by atomic mass is 15.0. The van der Waals surface area contributed by atoms with Crippen LogP contribution in [0.25, 0.3) is 15.3 Å². The Bertz CT molecular complexity index is 651. The second-order valence-electron chi connectivity index (χ2n) is 5.06. The fraction of sp³-hybridized carbons (Fsp3) is 0.294. The summed E-state index contributed by atoms with van der Waals surface area (Å²) in [6.45, 7) is 15.1. The first-order chi connectivity index (χ1) is 9.30. The normalized spacial score (nSPS) is 19.7. The highest BCUT2D eigenvalue weighted by Gasteiger charge is 2.51. The van der Waals surface area contributed by atoms with Crippen LogP contribution in [0, 0.1) is 13.1 Å². The lowest BCUT2D eigenvalue weighted by molar-refractivity contribution is 0.771. The lowest BCUT2D eigenvalue weighted by atomic mass is 9.79. The third-order valence-electron chi connectivity index (χ3n) is 4.04. The summed E-state index contributed by atoms with van der Waals surface area (Å²) in [6.07, 6.45) is 7.50. The van der Waals surface area contributed by atoms with Gasteiger partial charge in [-0.25, -0.2) is 22.8 Å². The summed E-state index contributed by atoms with van der Waals surface area (Å²) in [5.74, 6) is 0. The molecule has 0 spiro atoms. The van der Waals surface area contributed by atoms with E-state index in [0.29, 0.717) is 6.42 Å². The highest BCUT2D eigenvalue weighted by Crippen LogP contribution is 2.45. The van der Waals surface area contributed by atoms with Crippen molar-refractivity contribution < 1.29 is 0 Å². The summed E-state index contributed by atoms with van der Waals surface area (Å²) in [5, 5.41) is 0. The molecule has 1 aromatic carbocycles. The predicted molar refractivity (Wildman–Crippen MR) is 76.0 cm³/mol. The molecule has 0 aromatic heterocycles. The van der Waals surface area contributed by atoms with E-state index < -0.39 is 5.66 Å². The molecule has 0 atom stereocenters. The van der Waals surface area contributed by atoms with Crippen LogP contribution in [0.4, 0.5) is 0 Å². The van der Waals surface area contributed by atoms with Gasteiger partial charge in [0.05, 0.1) is 0 Å². The number of aryl methyl sites for hydroxylation is 1. The molecule has 3 rings (SSSR count). The zero-order chi connectivity index (χ0) is 13.3. The van der Waals surface area contributed by atoms with Gasteiger partial charge in [0.1, 0.15) is 12.0 Å². The number of fused-ring (bicyclic) bond motifs is 2. The van der Waals surface area contributed by atoms with Crippen molar-refractivity contribution in [1.82, 2.24) is 0 Å². The fourth-order valence-corrected chi connectivity index (χ4v) is 3.09. The second kappa shape index (κ2) is 4.41. The molecule has 0 heterocycles. The molecular formula is C17H14N2. The molecular weight excluding hydrogens is 232 g/mol. The summed E-state index contributed by atoms with van der Waals surface area (Å²) in [6, 6.07) is 8.23. The van der Waals surface area contributed by atoms with Crippen molar-refractivity contribution in [3.05, 3.63) is 76.0 Å². The number of hydrogen-bond donors (Lipinski definition) is 0. The Morgan fingerprint density at radius 2 is 1.79 bits per heavy atom. The maximum atomic E-state index is 7.55. The van der Waals surface area contributed by atoms with E-state index in [1.807, 2.05) is 18.2 Å². The van der Waals surface area contributed by atoms with Gasteiger partial charge in [-0.3, -0.25) is 0 Å². The lowest BCUT2D eigenvalue weighted by Gasteiger charge is -2.23. The van der Waals surface area contributed by atoms with Crippen molar-refractivity contribution in [3.8, 4) is 0 Å². The van der Waals surface area contributed by atoms with Crippen molar-refractivity contribution in [2.45, 2.75) is 31.3 Å². The molecule has 1 aromatic rings. The third kappa shape index (κ3) is 1.69. The van der Waals surface area contributed by atoms with E-state index in [0.717, 1.165) is 30.4 Å². The Labute approximate surface area is 113 Å². The summed E-state index contributed by atoms with van der Waals surface area (Å²) in [4.78, 5) is 7.45. The summed E-state index contributed by atoms with van der Waals surface area (Å²) >= 11 is 0. The minimum Gasteiger partial charge on any atom is -0.226 e. The van der Waals surface area contributed by atoms with Gasteiger partial charge in [0.2, 0.25) is 0 Å². The van der Waals surface area contributed by atoms with E-state index in [4.69, 9.17) is 13.1 Å². The molecule has 0 amide bonds. The van der Waals surface area contributed by atoms with E-state index in [1.54, 1.807) is 0 Å². The molecule has 2 nitrogen and oxygen atoms in total. The van der Waals surface area contributed by atoms with Crippen LogP contribution in [0.1, 0.15) is 30.4 Å². The van der Waals surface area contributed by atoms with Crippen LogP contribution in [0.2, 0.25) is 0 Å². The lowest BCUT2D eigenvalue weighted by Crippen LogP contribution is -2.24. The number of benzene rings is 1. The minimum atomic E-state index is -1.04. The Balaban J connectivity index is 2.29. The van der Waals surface area contributed by atoms with Crippen molar-refractivity contribution in [1.29, 1.82) is 0 Å². The van der Waals surface area contributed by atoms with E-state index in [-0.39, 0.29) is 0 Å². The molecule has 2 aliphatic carbocycles. The Kier molecular flexibility index (Phi) is 2.73. The van der Waals surface area contributed by atoms with Crippen molar-refractivity contribution in [2.75, 3.05) is 0 Å². The molecule has 0 aliphatic heterocycles. The van der Waals surface area contributed by atoms with Crippen LogP contribution in [0.3, 0.4) is 0 Å². The Hall–Kier alpha value is -2.32. The van der Waals surface area contributed by atoms with Gasteiger partial charge in [0, 0.05) is 0 Å². The van der Waals surface area contributed by atoms with Crippen LogP contribution in [0.5, 0.6) is 0 Å². The molecule has 0 bridgehead atoms. The van der Waals surface area contributed by atoms with Crippen molar-refractivity contribution >= 4 is 5.57 Å². The van der Waals surface area contributed by atoms with Gasteiger partial charge in [-0.2, -0.15) is 0 Å². The fourth-order valence-electron chi connectivity index (χ4n) is 3.09. The molecule has 0 saturated heterocycles. The quantitative estimate of drug-likeness (QED) is 0.477. The molecule has 0 saturated carbocycles. The van der Waals surface area contributed by atoms with Crippen molar-refractivity contribution in [2.24, 2.45) is 0 Å². The molecule has 0 unspecified atom stereocenters. The molecule has 0 fully saturated rings. The smallest absolute Gasteiger partial charge is 0.226 e. The van der Waals surface area contributed by atoms with Crippen LogP contribution in [0.15, 0.2) is 42.0 Å². The Morgan fingerprint density at radius 3 is 2.58 bits per heavy atom. The van der Waals surface area contributed by atoms with E-state index in [1.165, 1.54) is 11.1 Å². The molecule has 0 radical (unpaired) electrons. The minimum absolute atomic E-state index is 0.507. The highest BCUT2D eigenvalue weighted by molar-refractivity contribution is 5.82. The van der Waals surface area contributed by atoms with E-state index >= 15 is 0 Å². The third-order valence-corrected chi connectivity index (χ3v) is 4.04. The maximum absolute atomic E-state index is 7.55. The van der Waals surface area contributed by atoms with Gasteiger partial charge < -0.3 is 0 Å². The summed E-state index contributed by atoms with van der Waals surface area (Å²) in [5.41, 5.74) is 3.63. The topological polar surface area (TPSA) is 8.72 Å².